The van der Waals surface area contributed by atoms with Crippen LogP contribution in [0.5, 0.6) is 0 Å². The minimum atomic E-state index is -0.950. The molecule has 0 aliphatic carbocycles. The molecule has 1 aromatic carbocycles. The molecule has 0 saturated carbocycles. The zero-order valence-corrected chi connectivity index (χ0v) is 8.32. The van der Waals surface area contributed by atoms with E-state index in [-0.39, 0.29) is 13.2 Å². The Hall–Kier alpha value is -1.20. The highest BCUT2D eigenvalue weighted by atomic mass is 19.2. The van der Waals surface area contributed by atoms with E-state index in [0.29, 0.717) is 5.69 Å². The Kier molecular flexibility index (Phi) is 3.99. The van der Waals surface area contributed by atoms with Crippen LogP contribution in [-0.2, 0) is 0 Å². The molecule has 1 aromatic rings. The SMILES string of the molecule is CN(c1ccc(F)c(F)c1)C(CO)CO. The fraction of sp³-hybridized carbons (Fsp3) is 0.400. The van der Waals surface area contributed by atoms with Gasteiger partial charge in [0.1, 0.15) is 0 Å². The Morgan fingerprint density at radius 2 is 1.80 bits per heavy atom. The van der Waals surface area contributed by atoms with E-state index in [9.17, 15) is 8.78 Å². The molecular formula is C10H13F2NO2. The second-order valence-electron chi connectivity index (χ2n) is 3.23. The molecule has 0 fully saturated rings. The van der Waals surface area contributed by atoms with Gasteiger partial charge in [-0.2, -0.15) is 0 Å². The summed E-state index contributed by atoms with van der Waals surface area (Å²) < 4.78 is 25.5. The molecule has 84 valence electrons. The lowest BCUT2D eigenvalue weighted by Gasteiger charge is -2.26. The van der Waals surface area contributed by atoms with Gasteiger partial charge in [-0.15, -0.1) is 0 Å². The van der Waals surface area contributed by atoms with Crippen molar-refractivity contribution < 1.29 is 19.0 Å². The van der Waals surface area contributed by atoms with Gasteiger partial charge in [-0.3, -0.25) is 0 Å². The van der Waals surface area contributed by atoms with Gasteiger partial charge in [-0.05, 0) is 12.1 Å². The third-order valence-electron chi connectivity index (χ3n) is 2.28. The van der Waals surface area contributed by atoms with Crippen molar-refractivity contribution in [3.05, 3.63) is 29.8 Å². The topological polar surface area (TPSA) is 43.7 Å². The van der Waals surface area contributed by atoms with E-state index in [4.69, 9.17) is 10.2 Å². The third kappa shape index (κ3) is 2.64. The molecule has 3 nitrogen and oxygen atoms in total. The standard InChI is InChI=1S/C10H13F2NO2/c1-13(8(5-14)6-15)7-2-3-9(11)10(12)4-7/h2-4,8,14-15H,5-6H2,1H3. The molecule has 0 aromatic heterocycles. The molecule has 15 heavy (non-hydrogen) atoms. The summed E-state index contributed by atoms with van der Waals surface area (Å²) in [5.74, 6) is -1.87. The average Bonchev–Trinajstić information content (AvgIpc) is 2.23. The molecule has 0 unspecified atom stereocenters. The number of benzene rings is 1. The van der Waals surface area contributed by atoms with Gasteiger partial charge in [0.25, 0.3) is 0 Å². The van der Waals surface area contributed by atoms with Crippen LogP contribution in [0.15, 0.2) is 18.2 Å². The number of hydrogen-bond donors (Lipinski definition) is 2. The van der Waals surface area contributed by atoms with E-state index >= 15 is 0 Å². The van der Waals surface area contributed by atoms with Crippen molar-refractivity contribution in [1.82, 2.24) is 0 Å². The highest BCUT2D eigenvalue weighted by molar-refractivity contribution is 5.47. The van der Waals surface area contributed by atoms with Gasteiger partial charge in [-0.1, -0.05) is 0 Å². The molecule has 5 heteroatoms. The number of aliphatic hydroxyl groups excluding tert-OH is 2. The summed E-state index contributed by atoms with van der Waals surface area (Å²) in [7, 11) is 1.59. The maximum absolute atomic E-state index is 12.9. The summed E-state index contributed by atoms with van der Waals surface area (Å²) in [6.45, 7) is -0.516. The number of rotatable bonds is 4. The lowest BCUT2D eigenvalue weighted by Crippen LogP contribution is -2.37. The zero-order valence-electron chi connectivity index (χ0n) is 8.32. The summed E-state index contributed by atoms with van der Waals surface area (Å²) in [6.07, 6.45) is 0. The second kappa shape index (κ2) is 5.04. The third-order valence-corrected chi connectivity index (χ3v) is 2.28. The fourth-order valence-corrected chi connectivity index (χ4v) is 1.22. The smallest absolute Gasteiger partial charge is 0.160 e. The van der Waals surface area contributed by atoms with Crippen molar-refractivity contribution in [2.45, 2.75) is 6.04 Å². The lowest BCUT2D eigenvalue weighted by molar-refractivity contribution is 0.190. The fourth-order valence-electron chi connectivity index (χ4n) is 1.22. The predicted molar refractivity (Wildman–Crippen MR) is 52.7 cm³/mol. The first kappa shape index (κ1) is 11.9. The van der Waals surface area contributed by atoms with Crippen LogP contribution in [0.1, 0.15) is 0 Å². The van der Waals surface area contributed by atoms with Crippen LogP contribution >= 0.6 is 0 Å². The molecule has 0 aliphatic heterocycles. The number of aliphatic hydroxyl groups is 2. The van der Waals surface area contributed by atoms with Crippen molar-refractivity contribution in [2.75, 3.05) is 25.2 Å². The number of nitrogens with zero attached hydrogens (tertiary/aromatic N) is 1. The van der Waals surface area contributed by atoms with Crippen LogP contribution in [0.25, 0.3) is 0 Å². The molecule has 0 amide bonds. The first-order valence-corrected chi connectivity index (χ1v) is 4.49. The number of halogens is 2. The van der Waals surface area contributed by atoms with Crippen LogP contribution in [0.3, 0.4) is 0 Å². The Labute approximate surface area is 86.6 Å². The van der Waals surface area contributed by atoms with E-state index in [1.165, 1.54) is 11.0 Å². The first-order valence-electron chi connectivity index (χ1n) is 4.49. The van der Waals surface area contributed by atoms with Crippen molar-refractivity contribution >= 4 is 5.69 Å². The van der Waals surface area contributed by atoms with Crippen LogP contribution in [0.2, 0.25) is 0 Å². The average molecular weight is 217 g/mol. The molecule has 0 bridgehead atoms. The van der Waals surface area contributed by atoms with E-state index in [2.05, 4.69) is 0 Å². The Morgan fingerprint density at radius 1 is 1.20 bits per heavy atom. The van der Waals surface area contributed by atoms with Crippen LogP contribution in [-0.4, -0.2) is 36.5 Å². The van der Waals surface area contributed by atoms with Crippen molar-refractivity contribution in [3.8, 4) is 0 Å². The minimum absolute atomic E-state index is 0.258. The van der Waals surface area contributed by atoms with Gasteiger partial charge < -0.3 is 15.1 Å². The van der Waals surface area contributed by atoms with Gasteiger partial charge in [-0.25, -0.2) is 8.78 Å². The van der Waals surface area contributed by atoms with E-state index < -0.39 is 17.7 Å². The van der Waals surface area contributed by atoms with Gasteiger partial charge in [0.2, 0.25) is 0 Å². The monoisotopic (exact) mass is 217 g/mol. The minimum Gasteiger partial charge on any atom is -0.394 e. The maximum atomic E-state index is 12.9. The molecule has 0 aliphatic rings. The van der Waals surface area contributed by atoms with E-state index in [0.717, 1.165) is 12.1 Å². The summed E-state index contributed by atoms with van der Waals surface area (Å²) in [5, 5.41) is 17.8. The van der Waals surface area contributed by atoms with Crippen LogP contribution < -0.4 is 4.90 Å². The Morgan fingerprint density at radius 3 is 2.27 bits per heavy atom. The number of hydrogen-bond acceptors (Lipinski definition) is 3. The molecular weight excluding hydrogens is 204 g/mol. The van der Waals surface area contributed by atoms with E-state index in [1.807, 2.05) is 0 Å². The van der Waals surface area contributed by atoms with Crippen LogP contribution in [0.4, 0.5) is 14.5 Å². The van der Waals surface area contributed by atoms with Crippen LogP contribution in [0, 0.1) is 11.6 Å². The maximum Gasteiger partial charge on any atom is 0.160 e. The number of likely N-dealkylation sites (N-methyl/N-ethyl adjacent to an activating group) is 1. The second-order valence-corrected chi connectivity index (χ2v) is 3.23. The zero-order chi connectivity index (χ0) is 11.4. The van der Waals surface area contributed by atoms with Crippen molar-refractivity contribution in [3.63, 3.8) is 0 Å². The summed E-state index contributed by atoms with van der Waals surface area (Å²) in [6, 6.07) is 2.90. The normalized spacial score (nSPS) is 10.8. The highest BCUT2D eigenvalue weighted by Crippen LogP contribution is 2.18. The predicted octanol–water partition coefficient (Wildman–Crippen LogP) is 0.754. The summed E-state index contributed by atoms with van der Waals surface area (Å²) >= 11 is 0. The molecule has 0 saturated heterocycles. The molecule has 2 N–H and O–H groups in total. The largest absolute Gasteiger partial charge is 0.394 e. The molecule has 0 spiro atoms. The molecule has 1 rings (SSSR count). The van der Waals surface area contributed by atoms with Crippen molar-refractivity contribution in [2.24, 2.45) is 0 Å². The van der Waals surface area contributed by atoms with Gasteiger partial charge in [0, 0.05) is 18.8 Å². The molecule has 0 atom stereocenters. The van der Waals surface area contributed by atoms with Crippen molar-refractivity contribution in [1.29, 1.82) is 0 Å². The molecule has 0 heterocycles. The summed E-state index contributed by atoms with van der Waals surface area (Å²) in [5.41, 5.74) is 0.405. The van der Waals surface area contributed by atoms with Gasteiger partial charge >= 0.3 is 0 Å². The quantitative estimate of drug-likeness (QED) is 0.782. The Balaban J connectivity index is 2.90. The lowest BCUT2D eigenvalue weighted by atomic mass is 10.2. The first-order chi connectivity index (χ1) is 7.10. The number of anilines is 1. The van der Waals surface area contributed by atoms with E-state index in [1.54, 1.807) is 7.05 Å². The van der Waals surface area contributed by atoms with Gasteiger partial charge in [0.15, 0.2) is 11.6 Å². The highest BCUT2D eigenvalue weighted by Gasteiger charge is 2.14. The Bertz CT molecular complexity index is 329. The molecule has 0 radical (unpaired) electrons. The summed E-state index contributed by atoms with van der Waals surface area (Å²) in [4.78, 5) is 1.49. The van der Waals surface area contributed by atoms with Gasteiger partial charge in [0.05, 0.1) is 19.3 Å².